The van der Waals surface area contributed by atoms with Gasteiger partial charge in [-0.25, -0.2) is 9.18 Å². The molecule has 1 aromatic rings. The van der Waals surface area contributed by atoms with Gasteiger partial charge in [0, 0.05) is 33.2 Å². The lowest BCUT2D eigenvalue weighted by Crippen LogP contribution is -2.39. The molecule has 7 heteroatoms. The van der Waals surface area contributed by atoms with Crippen LogP contribution >= 0.6 is 0 Å². The van der Waals surface area contributed by atoms with E-state index >= 15 is 0 Å². The fourth-order valence-electron chi connectivity index (χ4n) is 3.12. The SMILES string of the molecule is COC(=O)c1ccc(N2CCC(C(OC)OC)CC2)c(F)c1C=O. The van der Waals surface area contributed by atoms with Crippen LogP contribution in [-0.2, 0) is 14.2 Å². The molecular weight excluding hydrogens is 317 g/mol. The second kappa shape index (κ2) is 8.21. The van der Waals surface area contributed by atoms with Crippen molar-refractivity contribution in [3.05, 3.63) is 29.1 Å². The van der Waals surface area contributed by atoms with E-state index in [1.54, 1.807) is 14.2 Å². The molecule has 0 unspecified atom stereocenters. The van der Waals surface area contributed by atoms with Gasteiger partial charge in [0.05, 0.1) is 23.9 Å². The molecule has 6 nitrogen and oxygen atoms in total. The topological polar surface area (TPSA) is 65.1 Å². The van der Waals surface area contributed by atoms with E-state index in [9.17, 15) is 14.0 Å². The van der Waals surface area contributed by atoms with Gasteiger partial charge in [-0.05, 0) is 25.0 Å². The molecule has 0 N–H and O–H groups in total. The highest BCUT2D eigenvalue weighted by molar-refractivity contribution is 5.99. The van der Waals surface area contributed by atoms with Gasteiger partial charge in [-0.15, -0.1) is 0 Å². The van der Waals surface area contributed by atoms with Crippen LogP contribution < -0.4 is 4.90 Å². The molecule has 0 bridgehead atoms. The Balaban J connectivity index is 2.19. The van der Waals surface area contributed by atoms with Crippen molar-refractivity contribution in [1.82, 2.24) is 0 Å². The summed E-state index contributed by atoms with van der Waals surface area (Å²) in [5.74, 6) is -1.19. The maximum absolute atomic E-state index is 14.7. The van der Waals surface area contributed by atoms with E-state index in [1.165, 1.54) is 19.2 Å². The average molecular weight is 339 g/mol. The lowest BCUT2D eigenvalue weighted by Gasteiger charge is -2.36. The summed E-state index contributed by atoms with van der Waals surface area (Å²) in [6, 6.07) is 2.94. The number of hydrogen-bond acceptors (Lipinski definition) is 6. The van der Waals surface area contributed by atoms with Crippen LogP contribution in [0, 0.1) is 11.7 Å². The zero-order valence-corrected chi connectivity index (χ0v) is 14.1. The largest absolute Gasteiger partial charge is 0.465 e. The van der Waals surface area contributed by atoms with Gasteiger partial charge >= 0.3 is 5.97 Å². The Bertz CT molecular complexity index is 595. The Labute approximate surface area is 140 Å². The summed E-state index contributed by atoms with van der Waals surface area (Å²) >= 11 is 0. The molecule has 2 rings (SSSR count). The Morgan fingerprint density at radius 1 is 1.25 bits per heavy atom. The van der Waals surface area contributed by atoms with Crippen molar-refractivity contribution in [3.8, 4) is 0 Å². The van der Waals surface area contributed by atoms with E-state index < -0.39 is 11.8 Å². The van der Waals surface area contributed by atoms with E-state index in [0.717, 1.165) is 12.8 Å². The first kappa shape index (κ1) is 18.4. The van der Waals surface area contributed by atoms with Crippen LogP contribution in [-0.4, -0.2) is 53.0 Å². The van der Waals surface area contributed by atoms with Crippen LogP contribution in [0.15, 0.2) is 12.1 Å². The van der Waals surface area contributed by atoms with Gasteiger partial charge in [0.25, 0.3) is 0 Å². The van der Waals surface area contributed by atoms with E-state index in [4.69, 9.17) is 9.47 Å². The van der Waals surface area contributed by atoms with Crippen molar-refractivity contribution in [2.75, 3.05) is 39.3 Å². The number of hydrogen-bond donors (Lipinski definition) is 0. The van der Waals surface area contributed by atoms with E-state index in [0.29, 0.717) is 25.1 Å². The molecule has 24 heavy (non-hydrogen) atoms. The normalized spacial score (nSPS) is 15.6. The molecule has 0 atom stereocenters. The van der Waals surface area contributed by atoms with Crippen LogP contribution in [0.2, 0.25) is 0 Å². The molecule has 0 saturated carbocycles. The molecule has 1 fully saturated rings. The predicted molar refractivity (Wildman–Crippen MR) is 85.9 cm³/mol. The lowest BCUT2D eigenvalue weighted by molar-refractivity contribution is -0.141. The zero-order chi connectivity index (χ0) is 17.7. The van der Waals surface area contributed by atoms with Crippen molar-refractivity contribution in [2.45, 2.75) is 19.1 Å². The summed E-state index contributed by atoms with van der Waals surface area (Å²) in [4.78, 5) is 24.7. The molecule has 0 aromatic heterocycles. The van der Waals surface area contributed by atoms with Crippen LogP contribution in [0.1, 0.15) is 33.6 Å². The Kier molecular flexibility index (Phi) is 6.28. The lowest BCUT2D eigenvalue weighted by atomic mass is 9.95. The Hall–Kier alpha value is -1.99. The van der Waals surface area contributed by atoms with Crippen LogP contribution in [0.4, 0.5) is 10.1 Å². The summed E-state index contributed by atoms with van der Waals surface area (Å²) in [7, 11) is 4.39. The standard InChI is InChI=1S/C17H22FNO5/c1-22-16(21)12-4-5-14(15(18)13(12)10-20)19-8-6-11(7-9-19)17(23-2)24-3/h4-5,10-11,17H,6-9H2,1-3H3. The van der Waals surface area contributed by atoms with Crippen LogP contribution in [0.25, 0.3) is 0 Å². The first-order valence-electron chi connectivity index (χ1n) is 7.73. The van der Waals surface area contributed by atoms with Gasteiger partial charge < -0.3 is 19.1 Å². The highest BCUT2D eigenvalue weighted by Crippen LogP contribution is 2.30. The second-order valence-corrected chi connectivity index (χ2v) is 5.63. The second-order valence-electron chi connectivity index (χ2n) is 5.63. The summed E-state index contributed by atoms with van der Waals surface area (Å²) in [6.45, 7) is 1.22. The van der Waals surface area contributed by atoms with Crippen molar-refractivity contribution in [2.24, 2.45) is 5.92 Å². The maximum atomic E-state index is 14.7. The van der Waals surface area contributed by atoms with Gasteiger partial charge in [-0.1, -0.05) is 0 Å². The van der Waals surface area contributed by atoms with Crippen molar-refractivity contribution >= 4 is 17.9 Å². The number of carbonyl (C=O) groups excluding carboxylic acids is 2. The number of ether oxygens (including phenoxy) is 3. The summed E-state index contributed by atoms with van der Waals surface area (Å²) in [5, 5.41) is 0. The average Bonchev–Trinajstić information content (AvgIpc) is 2.62. The molecule has 1 heterocycles. The third kappa shape index (κ3) is 3.57. The predicted octanol–water partition coefficient (Wildman–Crippen LogP) is 2.26. The van der Waals surface area contributed by atoms with Crippen molar-refractivity contribution < 1.29 is 28.2 Å². The molecule has 1 aromatic carbocycles. The number of aldehydes is 1. The van der Waals surface area contributed by atoms with E-state index in [-0.39, 0.29) is 23.3 Å². The fourth-order valence-corrected chi connectivity index (χ4v) is 3.12. The van der Waals surface area contributed by atoms with Crippen LogP contribution in [0.5, 0.6) is 0 Å². The Morgan fingerprint density at radius 2 is 1.88 bits per heavy atom. The third-order valence-electron chi connectivity index (χ3n) is 4.41. The molecule has 132 valence electrons. The van der Waals surface area contributed by atoms with E-state index in [2.05, 4.69) is 4.74 Å². The molecular formula is C17H22FNO5. The van der Waals surface area contributed by atoms with Gasteiger partial charge in [0.2, 0.25) is 0 Å². The maximum Gasteiger partial charge on any atom is 0.338 e. The first-order chi connectivity index (χ1) is 11.6. The number of piperidine rings is 1. The van der Waals surface area contributed by atoms with Gasteiger partial charge in [-0.3, -0.25) is 4.79 Å². The number of anilines is 1. The number of halogens is 1. The third-order valence-corrected chi connectivity index (χ3v) is 4.41. The molecule has 1 aliphatic heterocycles. The highest BCUT2D eigenvalue weighted by Gasteiger charge is 2.29. The quantitative estimate of drug-likeness (QED) is 0.450. The van der Waals surface area contributed by atoms with Gasteiger partial charge in [0.1, 0.15) is 0 Å². The number of esters is 1. The number of nitrogens with zero attached hydrogens (tertiary/aromatic N) is 1. The van der Waals surface area contributed by atoms with Gasteiger partial charge in [0.15, 0.2) is 18.4 Å². The minimum absolute atomic E-state index is 0.0672. The summed E-state index contributed by atoms with van der Waals surface area (Å²) in [5.41, 5.74) is -0.0230. The smallest absolute Gasteiger partial charge is 0.338 e. The minimum atomic E-state index is -0.732. The number of benzene rings is 1. The first-order valence-corrected chi connectivity index (χ1v) is 7.73. The fraction of sp³-hybridized carbons (Fsp3) is 0.529. The molecule has 1 saturated heterocycles. The molecule has 0 spiro atoms. The Morgan fingerprint density at radius 3 is 2.38 bits per heavy atom. The molecule has 1 aliphatic rings. The number of methoxy groups -OCH3 is 3. The zero-order valence-electron chi connectivity index (χ0n) is 14.1. The van der Waals surface area contributed by atoms with Crippen molar-refractivity contribution in [3.63, 3.8) is 0 Å². The molecule has 0 amide bonds. The monoisotopic (exact) mass is 339 g/mol. The molecule has 0 aliphatic carbocycles. The number of carbonyl (C=O) groups is 2. The highest BCUT2D eigenvalue weighted by atomic mass is 19.1. The van der Waals surface area contributed by atoms with Crippen molar-refractivity contribution in [1.29, 1.82) is 0 Å². The summed E-state index contributed by atoms with van der Waals surface area (Å²) in [6.07, 6.45) is 1.63. The number of rotatable bonds is 6. The molecule has 0 radical (unpaired) electrons. The van der Waals surface area contributed by atoms with E-state index in [1.807, 2.05) is 4.90 Å². The summed E-state index contributed by atoms with van der Waals surface area (Å²) < 4.78 is 29.8. The van der Waals surface area contributed by atoms with Crippen LogP contribution in [0.3, 0.4) is 0 Å². The van der Waals surface area contributed by atoms with Gasteiger partial charge in [-0.2, -0.15) is 0 Å². The minimum Gasteiger partial charge on any atom is -0.465 e.